The molecule has 2 aliphatic rings. The molecule has 2 heterocycles. The number of fused-ring (bicyclic) bond motifs is 1. The van der Waals surface area contributed by atoms with E-state index in [0.717, 1.165) is 38.9 Å². The lowest BCUT2D eigenvalue weighted by atomic mass is 10.1. The van der Waals surface area contributed by atoms with E-state index in [1.807, 2.05) is 14.1 Å². The van der Waals surface area contributed by atoms with Crippen molar-refractivity contribution in [3.8, 4) is 0 Å². The van der Waals surface area contributed by atoms with Gasteiger partial charge in [-0.15, -0.1) is 12.4 Å². The van der Waals surface area contributed by atoms with E-state index in [-0.39, 0.29) is 24.4 Å². The molecule has 0 radical (unpaired) electrons. The maximum Gasteiger partial charge on any atom is 0.239 e. The van der Waals surface area contributed by atoms with Crippen molar-refractivity contribution in [2.24, 2.45) is 0 Å². The molecule has 4 nitrogen and oxygen atoms in total. The summed E-state index contributed by atoms with van der Waals surface area (Å²) in [5.74, 6) is 0.239. The molecule has 1 amide bonds. The molecule has 1 unspecified atom stereocenters. The Morgan fingerprint density at radius 1 is 1.43 bits per heavy atom. The average molecular weight is 310 g/mol. The van der Waals surface area contributed by atoms with E-state index >= 15 is 0 Å². The number of rotatable bonds is 3. The van der Waals surface area contributed by atoms with Crippen molar-refractivity contribution in [2.45, 2.75) is 31.8 Å². The second kappa shape index (κ2) is 6.67. The summed E-state index contributed by atoms with van der Waals surface area (Å²) >= 11 is 0. The predicted octanol–water partition coefficient (Wildman–Crippen LogP) is 2.13. The standard InChI is InChI=1S/C16H23N3O.ClH/c1-18(2)16(20)14-7-4-10-19(14)11-13-6-3-5-12-8-9-17-15(12)13;/h3,5-6,14,17H,4,7-11H2,1-2H3;1H. The summed E-state index contributed by atoms with van der Waals surface area (Å²) in [6.07, 6.45) is 3.22. The van der Waals surface area contributed by atoms with Crippen LogP contribution in [0.4, 0.5) is 5.69 Å². The van der Waals surface area contributed by atoms with Gasteiger partial charge in [-0.25, -0.2) is 0 Å². The van der Waals surface area contributed by atoms with Crippen LogP contribution in [0.3, 0.4) is 0 Å². The minimum absolute atomic E-state index is 0. The van der Waals surface area contributed by atoms with Crippen molar-refractivity contribution in [3.63, 3.8) is 0 Å². The third kappa shape index (κ3) is 3.16. The monoisotopic (exact) mass is 309 g/mol. The highest BCUT2D eigenvalue weighted by atomic mass is 35.5. The highest BCUT2D eigenvalue weighted by Gasteiger charge is 2.32. The van der Waals surface area contributed by atoms with Crippen LogP contribution in [0.2, 0.25) is 0 Å². The Bertz CT molecular complexity index is 518. The highest BCUT2D eigenvalue weighted by molar-refractivity contribution is 5.85. The molecule has 2 aliphatic heterocycles. The number of hydrogen-bond donors (Lipinski definition) is 1. The third-order valence-corrected chi connectivity index (χ3v) is 4.40. The van der Waals surface area contributed by atoms with E-state index in [0.29, 0.717) is 0 Å². The first-order valence-electron chi connectivity index (χ1n) is 7.46. The van der Waals surface area contributed by atoms with Gasteiger partial charge in [0.25, 0.3) is 0 Å². The Hall–Kier alpha value is -1.26. The van der Waals surface area contributed by atoms with Gasteiger partial charge in [-0.05, 0) is 36.9 Å². The van der Waals surface area contributed by atoms with E-state index in [4.69, 9.17) is 0 Å². The van der Waals surface area contributed by atoms with E-state index in [1.165, 1.54) is 16.8 Å². The topological polar surface area (TPSA) is 35.6 Å². The summed E-state index contributed by atoms with van der Waals surface area (Å²) in [7, 11) is 3.70. The minimum Gasteiger partial charge on any atom is -0.384 e. The highest BCUT2D eigenvalue weighted by Crippen LogP contribution is 2.29. The number of hydrogen-bond acceptors (Lipinski definition) is 3. The number of carbonyl (C=O) groups excluding carboxylic acids is 1. The molecule has 5 heteroatoms. The summed E-state index contributed by atoms with van der Waals surface area (Å²) in [6, 6.07) is 6.58. The lowest BCUT2D eigenvalue weighted by Gasteiger charge is -2.26. The van der Waals surface area contributed by atoms with Crippen molar-refractivity contribution in [3.05, 3.63) is 29.3 Å². The molecular weight excluding hydrogens is 286 g/mol. The molecule has 0 saturated carbocycles. The number of nitrogens with one attached hydrogen (secondary N) is 1. The number of likely N-dealkylation sites (tertiary alicyclic amines) is 1. The van der Waals surface area contributed by atoms with E-state index < -0.39 is 0 Å². The summed E-state index contributed by atoms with van der Waals surface area (Å²) in [5.41, 5.74) is 4.05. The van der Waals surface area contributed by atoms with Crippen LogP contribution in [-0.4, -0.2) is 48.9 Å². The molecule has 0 aliphatic carbocycles. The summed E-state index contributed by atoms with van der Waals surface area (Å²) in [4.78, 5) is 16.3. The first-order chi connectivity index (χ1) is 9.66. The largest absolute Gasteiger partial charge is 0.384 e. The van der Waals surface area contributed by atoms with Crippen LogP contribution in [0.5, 0.6) is 0 Å². The molecule has 1 fully saturated rings. The van der Waals surface area contributed by atoms with Crippen molar-refractivity contribution < 1.29 is 4.79 Å². The molecule has 1 aromatic carbocycles. The molecule has 1 saturated heterocycles. The molecule has 1 N–H and O–H groups in total. The third-order valence-electron chi connectivity index (χ3n) is 4.40. The first kappa shape index (κ1) is 16.1. The molecule has 1 aromatic rings. The minimum atomic E-state index is 0. The molecule has 0 bridgehead atoms. The zero-order valence-electron chi connectivity index (χ0n) is 12.8. The first-order valence-corrected chi connectivity index (χ1v) is 7.46. The van der Waals surface area contributed by atoms with Crippen molar-refractivity contribution in [1.29, 1.82) is 0 Å². The summed E-state index contributed by atoms with van der Waals surface area (Å²) < 4.78 is 0. The fraction of sp³-hybridized carbons (Fsp3) is 0.562. The average Bonchev–Trinajstić information content (AvgIpc) is 3.06. The van der Waals surface area contributed by atoms with Gasteiger partial charge in [-0.3, -0.25) is 9.69 Å². The molecule has 21 heavy (non-hydrogen) atoms. The van der Waals surface area contributed by atoms with Gasteiger partial charge in [0.05, 0.1) is 6.04 Å². The van der Waals surface area contributed by atoms with Gasteiger partial charge in [0, 0.05) is 32.9 Å². The molecule has 116 valence electrons. The number of nitrogens with zero attached hydrogens (tertiary/aromatic N) is 2. The van der Waals surface area contributed by atoms with Crippen LogP contribution in [0, 0.1) is 0 Å². The van der Waals surface area contributed by atoms with Gasteiger partial charge < -0.3 is 10.2 Å². The fourth-order valence-corrected chi connectivity index (χ4v) is 3.35. The quantitative estimate of drug-likeness (QED) is 0.929. The maximum atomic E-state index is 12.2. The fourth-order valence-electron chi connectivity index (χ4n) is 3.35. The second-order valence-electron chi connectivity index (χ2n) is 5.99. The molecule has 0 aromatic heterocycles. The number of carbonyl (C=O) groups is 1. The number of amides is 1. The lowest BCUT2D eigenvalue weighted by Crippen LogP contribution is -2.42. The zero-order chi connectivity index (χ0) is 14.1. The van der Waals surface area contributed by atoms with Crippen molar-refractivity contribution in [1.82, 2.24) is 9.80 Å². The predicted molar refractivity (Wildman–Crippen MR) is 88.0 cm³/mol. The Kier molecular flexibility index (Phi) is 5.12. The van der Waals surface area contributed by atoms with Crippen LogP contribution < -0.4 is 5.32 Å². The maximum absolute atomic E-state index is 12.2. The SMILES string of the molecule is CN(C)C(=O)C1CCCN1Cc1cccc2c1NCC2.Cl. The number of likely N-dealkylation sites (N-methyl/N-ethyl adjacent to an activating group) is 1. The van der Waals surface area contributed by atoms with Gasteiger partial charge in [0.1, 0.15) is 0 Å². The van der Waals surface area contributed by atoms with Crippen LogP contribution in [-0.2, 0) is 17.8 Å². The Morgan fingerprint density at radius 2 is 2.24 bits per heavy atom. The van der Waals surface area contributed by atoms with Gasteiger partial charge in [0.15, 0.2) is 0 Å². The van der Waals surface area contributed by atoms with Crippen LogP contribution in [0.25, 0.3) is 0 Å². The number of para-hydroxylation sites is 1. The lowest BCUT2D eigenvalue weighted by molar-refractivity contribution is -0.133. The van der Waals surface area contributed by atoms with Crippen LogP contribution in [0.15, 0.2) is 18.2 Å². The molecule has 0 spiro atoms. The van der Waals surface area contributed by atoms with Gasteiger partial charge >= 0.3 is 0 Å². The van der Waals surface area contributed by atoms with Gasteiger partial charge in [-0.2, -0.15) is 0 Å². The Balaban J connectivity index is 0.00000161. The smallest absolute Gasteiger partial charge is 0.239 e. The summed E-state index contributed by atoms with van der Waals surface area (Å²) in [5, 5.41) is 3.49. The number of halogens is 1. The second-order valence-corrected chi connectivity index (χ2v) is 5.99. The molecule has 1 atom stereocenters. The summed E-state index contributed by atoms with van der Waals surface area (Å²) in [6.45, 7) is 2.93. The van der Waals surface area contributed by atoms with E-state index in [9.17, 15) is 4.79 Å². The normalized spacial score (nSPS) is 20.6. The molecule has 3 rings (SSSR count). The Morgan fingerprint density at radius 3 is 3.00 bits per heavy atom. The molecular formula is C16H24ClN3O. The Labute approximate surface area is 132 Å². The number of benzene rings is 1. The van der Waals surface area contributed by atoms with Crippen molar-refractivity contribution in [2.75, 3.05) is 32.5 Å². The zero-order valence-corrected chi connectivity index (χ0v) is 13.6. The van der Waals surface area contributed by atoms with E-state index in [1.54, 1.807) is 4.90 Å². The van der Waals surface area contributed by atoms with Crippen LogP contribution in [0.1, 0.15) is 24.0 Å². The van der Waals surface area contributed by atoms with E-state index in [2.05, 4.69) is 28.4 Å². The van der Waals surface area contributed by atoms with Gasteiger partial charge in [-0.1, -0.05) is 18.2 Å². The number of anilines is 1. The van der Waals surface area contributed by atoms with Crippen molar-refractivity contribution >= 4 is 24.0 Å². The van der Waals surface area contributed by atoms with Gasteiger partial charge in [0.2, 0.25) is 5.91 Å². The van der Waals surface area contributed by atoms with Crippen LogP contribution >= 0.6 is 12.4 Å².